The Labute approximate surface area is 181 Å². The summed E-state index contributed by atoms with van der Waals surface area (Å²) in [6, 6.07) is 6.22. The molecule has 31 heavy (non-hydrogen) atoms. The fourth-order valence-electron chi connectivity index (χ4n) is 4.03. The van der Waals surface area contributed by atoms with E-state index in [4.69, 9.17) is 15.2 Å². The van der Waals surface area contributed by atoms with Gasteiger partial charge in [0.15, 0.2) is 0 Å². The molecule has 3 rings (SSSR count). The van der Waals surface area contributed by atoms with Gasteiger partial charge in [-0.1, -0.05) is 18.2 Å². The van der Waals surface area contributed by atoms with Crippen LogP contribution in [-0.2, 0) is 14.3 Å². The number of hydrogen-bond donors (Lipinski definition) is 3. The second kappa shape index (κ2) is 10.3. The maximum Gasteiger partial charge on any atom is 0.338 e. The van der Waals surface area contributed by atoms with E-state index < -0.39 is 18.0 Å². The van der Waals surface area contributed by atoms with Crippen LogP contribution in [0.2, 0.25) is 0 Å². The average molecular weight is 431 g/mol. The third-order valence-corrected chi connectivity index (χ3v) is 5.55. The van der Waals surface area contributed by atoms with E-state index in [1.807, 2.05) is 31.2 Å². The Morgan fingerprint density at radius 1 is 1.16 bits per heavy atom. The molecule has 1 fully saturated rings. The normalized spacial score (nSPS) is 20.1. The second-order valence-corrected chi connectivity index (χ2v) is 7.57. The smallest absolute Gasteiger partial charge is 0.338 e. The first-order valence-electron chi connectivity index (χ1n) is 10.7. The van der Waals surface area contributed by atoms with E-state index in [1.54, 1.807) is 6.92 Å². The summed E-state index contributed by atoms with van der Waals surface area (Å²) in [6.07, 6.45) is 1.31. The lowest BCUT2D eigenvalue weighted by atomic mass is 9.93. The SMILES string of the molecule is CCOC(=O)C1=C(CN2CCC(C(N)=O)CC2)NC(=O)NC1c1ccccc1OCC. The van der Waals surface area contributed by atoms with Gasteiger partial charge in [-0.2, -0.15) is 0 Å². The summed E-state index contributed by atoms with van der Waals surface area (Å²) in [7, 11) is 0. The van der Waals surface area contributed by atoms with Crippen LogP contribution in [0.5, 0.6) is 5.75 Å². The standard InChI is InChI=1S/C22H30N4O5/c1-3-30-17-8-6-5-7-15(17)19-18(21(28)31-4-2)16(24-22(29)25-19)13-26-11-9-14(10-12-26)20(23)27/h5-8,14,19H,3-4,9-13H2,1-2H3,(H2,23,27)(H2,24,25,29). The molecule has 1 atom stereocenters. The Balaban J connectivity index is 1.94. The fourth-order valence-corrected chi connectivity index (χ4v) is 4.03. The molecule has 0 radical (unpaired) electrons. The van der Waals surface area contributed by atoms with Crippen molar-refractivity contribution in [1.29, 1.82) is 0 Å². The summed E-state index contributed by atoms with van der Waals surface area (Å²) in [5, 5.41) is 5.63. The van der Waals surface area contributed by atoms with Crippen molar-refractivity contribution in [2.45, 2.75) is 32.7 Å². The first kappa shape index (κ1) is 22.6. The first-order chi connectivity index (χ1) is 14.9. The zero-order valence-electron chi connectivity index (χ0n) is 18.0. The Bertz CT molecular complexity index is 861. The lowest BCUT2D eigenvalue weighted by Gasteiger charge is -2.35. The highest BCUT2D eigenvalue weighted by atomic mass is 16.5. The average Bonchev–Trinajstić information content (AvgIpc) is 2.74. The molecular weight excluding hydrogens is 400 g/mol. The van der Waals surface area contributed by atoms with Crippen molar-refractivity contribution in [2.75, 3.05) is 32.8 Å². The summed E-state index contributed by atoms with van der Waals surface area (Å²) in [6.45, 7) is 5.95. The molecule has 2 heterocycles. The summed E-state index contributed by atoms with van der Waals surface area (Å²) in [5.74, 6) is -0.314. The number of carbonyl (C=O) groups excluding carboxylic acids is 3. The van der Waals surface area contributed by atoms with Gasteiger partial charge in [0.25, 0.3) is 0 Å². The maximum atomic E-state index is 13.0. The number of para-hydroxylation sites is 1. The van der Waals surface area contributed by atoms with Crippen molar-refractivity contribution >= 4 is 17.9 Å². The molecule has 2 aliphatic heterocycles. The second-order valence-electron chi connectivity index (χ2n) is 7.57. The van der Waals surface area contributed by atoms with E-state index in [9.17, 15) is 14.4 Å². The minimum absolute atomic E-state index is 0.136. The number of rotatable bonds is 8. The van der Waals surface area contributed by atoms with Crippen molar-refractivity contribution in [3.05, 3.63) is 41.1 Å². The molecule has 0 spiro atoms. The van der Waals surface area contributed by atoms with E-state index in [2.05, 4.69) is 15.5 Å². The number of nitrogens with zero attached hydrogens (tertiary/aromatic N) is 1. The summed E-state index contributed by atoms with van der Waals surface area (Å²) in [4.78, 5) is 39.0. The number of piperidine rings is 1. The van der Waals surface area contributed by atoms with Crippen LogP contribution in [-0.4, -0.2) is 55.7 Å². The number of benzene rings is 1. The molecule has 168 valence electrons. The fraction of sp³-hybridized carbons (Fsp3) is 0.500. The van der Waals surface area contributed by atoms with Crippen molar-refractivity contribution < 1.29 is 23.9 Å². The van der Waals surface area contributed by atoms with Gasteiger partial charge in [0.05, 0.1) is 24.8 Å². The zero-order valence-corrected chi connectivity index (χ0v) is 18.0. The first-order valence-corrected chi connectivity index (χ1v) is 10.7. The molecule has 1 saturated heterocycles. The number of amides is 3. The number of hydrogen-bond acceptors (Lipinski definition) is 6. The molecule has 3 amide bonds. The van der Waals surface area contributed by atoms with Crippen LogP contribution in [0.3, 0.4) is 0 Å². The molecule has 1 unspecified atom stereocenters. The van der Waals surface area contributed by atoms with Gasteiger partial charge in [-0.15, -0.1) is 0 Å². The lowest BCUT2D eigenvalue weighted by molar-refractivity contribution is -0.139. The van der Waals surface area contributed by atoms with E-state index in [1.165, 1.54) is 0 Å². The topological polar surface area (TPSA) is 123 Å². The number of primary amides is 1. The highest BCUT2D eigenvalue weighted by Crippen LogP contribution is 2.34. The summed E-state index contributed by atoms with van der Waals surface area (Å²) in [5.41, 5.74) is 6.96. The molecule has 0 bridgehead atoms. The van der Waals surface area contributed by atoms with E-state index in [0.29, 0.717) is 61.7 Å². The molecule has 0 aliphatic carbocycles. The van der Waals surface area contributed by atoms with E-state index >= 15 is 0 Å². The molecule has 0 saturated carbocycles. The largest absolute Gasteiger partial charge is 0.494 e. The minimum Gasteiger partial charge on any atom is -0.494 e. The summed E-state index contributed by atoms with van der Waals surface area (Å²) < 4.78 is 11.1. The van der Waals surface area contributed by atoms with Crippen LogP contribution in [0.15, 0.2) is 35.5 Å². The van der Waals surface area contributed by atoms with Crippen LogP contribution in [0.1, 0.15) is 38.3 Å². The van der Waals surface area contributed by atoms with Crippen molar-refractivity contribution in [3.8, 4) is 5.75 Å². The minimum atomic E-state index is -0.700. The van der Waals surface area contributed by atoms with Crippen LogP contribution in [0, 0.1) is 5.92 Å². The van der Waals surface area contributed by atoms with Gasteiger partial charge in [-0.25, -0.2) is 9.59 Å². The Morgan fingerprint density at radius 3 is 2.52 bits per heavy atom. The molecular formula is C22H30N4O5. The van der Waals surface area contributed by atoms with Gasteiger partial charge in [-0.3, -0.25) is 9.69 Å². The number of esters is 1. The van der Waals surface area contributed by atoms with E-state index in [-0.39, 0.29) is 18.4 Å². The molecule has 2 aliphatic rings. The number of urea groups is 1. The molecule has 1 aromatic carbocycles. The number of carbonyl (C=O) groups is 3. The molecule has 4 N–H and O–H groups in total. The quantitative estimate of drug-likeness (QED) is 0.537. The number of likely N-dealkylation sites (tertiary alicyclic amines) is 1. The molecule has 1 aromatic rings. The van der Waals surface area contributed by atoms with Crippen molar-refractivity contribution in [1.82, 2.24) is 15.5 Å². The zero-order chi connectivity index (χ0) is 22.4. The van der Waals surface area contributed by atoms with Gasteiger partial charge in [-0.05, 0) is 45.8 Å². The van der Waals surface area contributed by atoms with Crippen LogP contribution < -0.4 is 21.1 Å². The molecule has 9 heteroatoms. The predicted octanol–water partition coefficient (Wildman–Crippen LogP) is 1.45. The Kier molecular flexibility index (Phi) is 7.51. The van der Waals surface area contributed by atoms with Gasteiger partial charge in [0.2, 0.25) is 5.91 Å². The van der Waals surface area contributed by atoms with Crippen LogP contribution >= 0.6 is 0 Å². The Morgan fingerprint density at radius 2 is 1.87 bits per heavy atom. The van der Waals surface area contributed by atoms with Crippen LogP contribution in [0.4, 0.5) is 4.79 Å². The number of nitrogens with one attached hydrogen (secondary N) is 2. The van der Waals surface area contributed by atoms with Gasteiger partial charge < -0.3 is 25.8 Å². The summed E-state index contributed by atoms with van der Waals surface area (Å²) >= 11 is 0. The van der Waals surface area contributed by atoms with Crippen molar-refractivity contribution in [2.24, 2.45) is 11.7 Å². The molecule has 9 nitrogen and oxygen atoms in total. The van der Waals surface area contributed by atoms with E-state index in [0.717, 1.165) is 0 Å². The monoisotopic (exact) mass is 430 g/mol. The highest BCUT2D eigenvalue weighted by molar-refractivity contribution is 5.95. The maximum absolute atomic E-state index is 13.0. The van der Waals surface area contributed by atoms with Crippen LogP contribution in [0.25, 0.3) is 0 Å². The highest BCUT2D eigenvalue weighted by Gasteiger charge is 2.36. The van der Waals surface area contributed by atoms with Gasteiger partial charge in [0.1, 0.15) is 5.75 Å². The van der Waals surface area contributed by atoms with Gasteiger partial charge in [0, 0.05) is 23.7 Å². The third kappa shape index (κ3) is 5.35. The Hall–Kier alpha value is -3.07. The predicted molar refractivity (Wildman–Crippen MR) is 114 cm³/mol. The lowest BCUT2D eigenvalue weighted by Crippen LogP contribution is -2.49. The van der Waals surface area contributed by atoms with Crippen molar-refractivity contribution in [3.63, 3.8) is 0 Å². The number of nitrogens with two attached hydrogens (primary N) is 1. The van der Waals surface area contributed by atoms with Gasteiger partial charge >= 0.3 is 12.0 Å². The third-order valence-electron chi connectivity index (χ3n) is 5.55. The number of ether oxygens (including phenoxy) is 2. The molecule has 0 aromatic heterocycles.